The fourth-order valence-electron chi connectivity index (χ4n) is 3.12. The van der Waals surface area contributed by atoms with Crippen molar-refractivity contribution in [3.05, 3.63) is 11.5 Å². The zero-order valence-corrected chi connectivity index (χ0v) is 11.5. The van der Waals surface area contributed by atoms with Gasteiger partial charge in [0.25, 0.3) is 0 Å². The van der Waals surface area contributed by atoms with E-state index in [0.717, 1.165) is 0 Å². The van der Waals surface area contributed by atoms with E-state index in [1.165, 1.54) is 31.1 Å². The van der Waals surface area contributed by atoms with E-state index in [9.17, 15) is 8.42 Å². The van der Waals surface area contributed by atoms with Gasteiger partial charge in [0.2, 0.25) is 0 Å². The van der Waals surface area contributed by atoms with Crippen molar-refractivity contribution in [2.75, 3.05) is 5.75 Å². The van der Waals surface area contributed by atoms with Crippen LogP contribution in [0.1, 0.15) is 39.5 Å². The molecule has 4 heteroatoms. The van der Waals surface area contributed by atoms with Gasteiger partial charge in [0, 0.05) is 17.5 Å². The lowest BCUT2D eigenvalue weighted by atomic mass is 9.77. The van der Waals surface area contributed by atoms with E-state index in [1.807, 2.05) is 0 Å². The van der Waals surface area contributed by atoms with Crippen molar-refractivity contribution < 1.29 is 8.42 Å². The molecule has 1 saturated carbocycles. The highest BCUT2D eigenvalue weighted by Crippen LogP contribution is 2.30. The predicted octanol–water partition coefficient (Wildman–Crippen LogP) is 2.10. The molecule has 3 atom stereocenters. The van der Waals surface area contributed by atoms with Crippen molar-refractivity contribution in [1.82, 2.24) is 5.32 Å². The Labute approximate surface area is 105 Å². The van der Waals surface area contributed by atoms with E-state index in [2.05, 4.69) is 19.2 Å². The van der Waals surface area contributed by atoms with Gasteiger partial charge in [-0.3, -0.25) is 0 Å². The highest BCUT2D eigenvalue weighted by molar-refractivity contribution is 7.94. The van der Waals surface area contributed by atoms with Gasteiger partial charge < -0.3 is 5.32 Å². The molecule has 1 N–H and O–H groups in total. The smallest absolute Gasteiger partial charge is 0.173 e. The lowest BCUT2D eigenvalue weighted by molar-refractivity contribution is 0.201. The first kappa shape index (κ1) is 13.1. The van der Waals surface area contributed by atoms with E-state index in [-0.39, 0.29) is 11.8 Å². The molecular weight excluding hydrogens is 234 g/mol. The van der Waals surface area contributed by atoms with Crippen LogP contribution in [0.2, 0.25) is 0 Å². The molecular formula is C13H23NO2S. The summed E-state index contributed by atoms with van der Waals surface area (Å²) >= 11 is 0. The third kappa shape index (κ3) is 3.32. The molecule has 3 unspecified atom stereocenters. The van der Waals surface area contributed by atoms with Crippen LogP contribution in [0.4, 0.5) is 0 Å². The van der Waals surface area contributed by atoms with Crippen LogP contribution in [0.15, 0.2) is 11.5 Å². The minimum absolute atomic E-state index is 0.0318. The summed E-state index contributed by atoms with van der Waals surface area (Å²) < 4.78 is 22.7. The average molecular weight is 257 g/mol. The van der Waals surface area contributed by atoms with Crippen molar-refractivity contribution in [2.45, 2.75) is 51.6 Å². The molecule has 0 spiro atoms. The SMILES string of the molecule is CC(C)C1CCCCC1NC1C=CS(=O)(=O)C1. The zero-order valence-electron chi connectivity index (χ0n) is 10.7. The Balaban J connectivity index is 1.95. The maximum atomic E-state index is 11.4. The topological polar surface area (TPSA) is 46.2 Å². The fraction of sp³-hybridized carbons (Fsp3) is 0.846. The maximum absolute atomic E-state index is 11.4. The Hall–Kier alpha value is -0.350. The zero-order chi connectivity index (χ0) is 12.5. The molecule has 0 aromatic carbocycles. The third-order valence-corrected chi connectivity index (χ3v) is 5.43. The van der Waals surface area contributed by atoms with Crippen LogP contribution in [0.25, 0.3) is 0 Å². The molecule has 0 aromatic heterocycles. The van der Waals surface area contributed by atoms with Crippen molar-refractivity contribution in [3.63, 3.8) is 0 Å². The van der Waals surface area contributed by atoms with Gasteiger partial charge in [-0.15, -0.1) is 0 Å². The second kappa shape index (κ2) is 5.11. The van der Waals surface area contributed by atoms with Gasteiger partial charge in [-0.2, -0.15) is 0 Å². The fourth-order valence-corrected chi connectivity index (χ4v) is 4.37. The quantitative estimate of drug-likeness (QED) is 0.842. The Kier molecular flexibility index (Phi) is 3.93. The van der Waals surface area contributed by atoms with E-state index in [4.69, 9.17) is 0 Å². The number of nitrogens with one attached hydrogen (secondary N) is 1. The van der Waals surface area contributed by atoms with Gasteiger partial charge in [0.05, 0.1) is 5.75 Å². The van der Waals surface area contributed by atoms with Gasteiger partial charge in [-0.05, 0) is 24.7 Å². The minimum atomic E-state index is -2.93. The molecule has 2 rings (SSSR count). The summed E-state index contributed by atoms with van der Waals surface area (Å²) in [7, 11) is -2.93. The first-order valence-corrected chi connectivity index (χ1v) is 8.36. The molecule has 17 heavy (non-hydrogen) atoms. The normalized spacial score (nSPS) is 36.5. The first-order chi connectivity index (χ1) is 7.98. The summed E-state index contributed by atoms with van der Waals surface area (Å²) in [6.45, 7) is 4.54. The molecule has 3 nitrogen and oxygen atoms in total. The monoisotopic (exact) mass is 257 g/mol. The molecule has 1 heterocycles. The van der Waals surface area contributed by atoms with Crippen molar-refractivity contribution in [1.29, 1.82) is 0 Å². The summed E-state index contributed by atoms with van der Waals surface area (Å²) in [5, 5.41) is 4.90. The van der Waals surface area contributed by atoms with Crippen LogP contribution in [0.5, 0.6) is 0 Å². The van der Waals surface area contributed by atoms with Crippen LogP contribution in [-0.2, 0) is 9.84 Å². The lowest BCUT2D eigenvalue weighted by Crippen LogP contribution is -2.46. The molecule has 0 bridgehead atoms. The maximum Gasteiger partial charge on any atom is 0.173 e. The number of sulfone groups is 1. The Morgan fingerprint density at radius 2 is 1.94 bits per heavy atom. The summed E-state index contributed by atoms with van der Waals surface area (Å²) in [6, 6.07) is 0.524. The molecule has 2 aliphatic rings. The van der Waals surface area contributed by atoms with Crippen molar-refractivity contribution in [3.8, 4) is 0 Å². The summed E-state index contributed by atoms with van der Waals surface area (Å²) in [6.07, 6.45) is 6.86. The minimum Gasteiger partial charge on any atom is -0.306 e. The predicted molar refractivity (Wildman–Crippen MR) is 70.4 cm³/mol. The molecule has 0 aromatic rings. The van der Waals surface area contributed by atoms with E-state index < -0.39 is 9.84 Å². The number of hydrogen-bond donors (Lipinski definition) is 1. The van der Waals surface area contributed by atoms with Crippen molar-refractivity contribution >= 4 is 9.84 Å². The van der Waals surface area contributed by atoms with Crippen LogP contribution >= 0.6 is 0 Å². The second-order valence-corrected chi connectivity index (χ2v) is 7.66. The molecule has 0 radical (unpaired) electrons. The molecule has 98 valence electrons. The number of rotatable bonds is 3. The molecule has 1 aliphatic heterocycles. The van der Waals surface area contributed by atoms with Gasteiger partial charge >= 0.3 is 0 Å². The largest absolute Gasteiger partial charge is 0.306 e. The Bertz CT molecular complexity index is 386. The Morgan fingerprint density at radius 3 is 2.53 bits per heavy atom. The highest BCUT2D eigenvalue weighted by atomic mass is 32.2. The first-order valence-electron chi connectivity index (χ1n) is 6.65. The van der Waals surface area contributed by atoms with E-state index >= 15 is 0 Å². The molecule has 0 amide bonds. The van der Waals surface area contributed by atoms with Crippen molar-refractivity contribution in [2.24, 2.45) is 11.8 Å². The summed E-state index contributed by atoms with van der Waals surface area (Å²) in [4.78, 5) is 0. The summed E-state index contributed by atoms with van der Waals surface area (Å²) in [5.74, 6) is 1.61. The van der Waals surface area contributed by atoms with E-state index in [0.29, 0.717) is 17.9 Å². The molecule has 0 saturated heterocycles. The molecule has 1 aliphatic carbocycles. The van der Waals surface area contributed by atoms with E-state index in [1.54, 1.807) is 6.08 Å². The van der Waals surface area contributed by atoms with Crippen LogP contribution in [0.3, 0.4) is 0 Å². The standard InChI is InChI=1S/C13H23NO2S/c1-10(2)12-5-3-4-6-13(12)14-11-7-8-17(15,16)9-11/h7-8,10-14H,3-6,9H2,1-2H3. The average Bonchev–Trinajstić information content (AvgIpc) is 2.58. The number of hydrogen-bond acceptors (Lipinski definition) is 3. The van der Waals surface area contributed by atoms with Gasteiger partial charge in [0.1, 0.15) is 0 Å². The lowest BCUT2D eigenvalue weighted by Gasteiger charge is -2.36. The van der Waals surface area contributed by atoms with Crippen LogP contribution in [0, 0.1) is 11.8 Å². The van der Waals surface area contributed by atoms with Gasteiger partial charge in [-0.1, -0.05) is 32.8 Å². The van der Waals surface area contributed by atoms with Crippen LogP contribution in [-0.4, -0.2) is 26.3 Å². The van der Waals surface area contributed by atoms with Crippen LogP contribution < -0.4 is 5.32 Å². The van der Waals surface area contributed by atoms with Gasteiger partial charge in [0.15, 0.2) is 9.84 Å². The Morgan fingerprint density at radius 1 is 1.24 bits per heavy atom. The molecule has 1 fully saturated rings. The highest BCUT2D eigenvalue weighted by Gasteiger charge is 2.31. The third-order valence-electron chi connectivity index (χ3n) is 4.03. The van der Waals surface area contributed by atoms with Gasteiger partial charge in [-0.25, -0.2) is 8.42 Å². The summed E-state index contributed by atoms with van der Waals surface area (Å²) in [5.41, 5.74) is 0. The second-order valence-electron chi connectivity index (χ2n) is 5.73.